The van der Waals surface area contributed by atoms with Crippen molar-refractivity contribution in [2.45, 2.75) is 51.1 Å². The summed E-state index contributed by atoms with van der Waals surface area (Å²) in [6.45, 7) is -2.89. The number of Topliss-reactive ketones (excluding diaryl/α,β-unsaturated/α-hetero) is 2. The summed E-state index contributed by atoms with van der Waals surface area (Å²) >= 11 is 0. The number of nitrogens with zero attached hydrogens (tertiary/aromatic N) is 1. The Morgan fingerprint density at radius 1 is 0.962 bits per heavy atom. The first-order valence-electron chi connectivity index (χ1n) is 8.96. The summed E-state index contributed by atoms with van der Waals surface area (Å²) in [5.74, 6) is -0.555. The molecule has 26 heavy (non-hydrogen) atoms. The lowest BCUT2D eigenvalue weighted by Gasteiger charge is -2.37. The lowest BCUT2D eigenvalue weighted by molar-refractivity contribution is -0.122. The van der Waals surface area contributed by atoms with Crippen molar-refractivity contribution in [2.24, 2.45) is 10.9 Å². The number of aliphatic imine (C=N–C) groups is 1. The third-order valence-electron chi connectivity index (χ3n) is 5.38. The Kier molecular flexibility index (Phi) is 4.42. The molecule has 6 heteroatoms. The summed E-state index contributed by atoms with van der Waals surface area (Å²) in [6, 6.07) is 6.29. The van der Waals surface area contributed by atoms with E-state index >= 15 is 0 Å². The zero-order valence-electron chi connectivity index (χ0n) is 14.2. The van der Waals surface area contributed by atoms with Crippen molar-refractivity contribution in [3.05, 3.63) is 41.1 Å². The number of hydrogen-bond acceptors (Lipinski definition) is 4. The van der Waals surface area contributed by atoms with Crippen molar-refractivity contribution < 1.29 is 23.1 Å². The number of hydrogen-bond donors (Lipinski definition) is 0. The van der Waals surface area contributed by atoms with Crippen LogP contribution in [0.2, 0.25) is 0 Å². The van der Waals surface area contributed by atoms with Crippen molar-refractivity contribution in [2.75, 3.05) is 0 Å². The third kappa shape index (κ3) is 2.97. The standard InChI is InChI=1S/C20H19F2NO3/c21-20(22)26-12-9-7-11(8-10-12)17-18-13(3-1-5-15(18)24)23-14-4-2-6-16(25)19(14)17/h7-10,17-18,20H,1-6H2. The van der Waals surface area contributed by atoms with Gasteiger partial charge in [-0.3, -0.25) is 14.6 Å². The van der Waals surface area contributed by atoms with Gasteiger partial charge in [0.05, 0.1) is 5.92 Å². The topological polar surface area (TPSA) is 55.7 Å². The number of ketones is 2. The zero-order valence-corrected chi connectivity index (χ0v) is 14.2. The van der Waals surface area contributed by atoms with Gasteiger partial charge in [0.2, 0.25) is 0 Å². The molecule has 1 saturated carbocycles. The van der Waals surface area contributed by atoms with E-state index < -0.39 is 12.5 Å². The number of carbonyl (C=O) groups is 2. The highest BCUT2D eigenvalue weighted by molar-refractivity contribution is 6.12. The molecule has 2 unspecified atom stereocenters. The number of rotatable bonds is 3. The molecule has 1 fully saturated rings. The van der Waals surface area contributed by atoms with Gasteiger partial charge < -0.3 is 4.74 Å². The molecule has 1 aromatic rings. The fourth-order valence-electron chi connectivity index (χ4n) is 4.32. The van der Waals surface area contributed by atoms with E-state index in [1.807, 2.05) is 0 Å². The van der Waals surface area contributed by atoms with Crippen LogP contribution in [0, 0.1) is 5.92 Å². The van der Waals surface area contributed by atoms with E-state index in [2.05, 4.69) is 4.74 Å². The van der Waals surface area contributed by atoms with Gasteiger partial charge in [-0.25, -0.2) is 0 Å². The second-order valence-corrected chi connectivity index (χ2v) is 6.96. The van der Waals surface area contributed by atoms with Gasteiger partial charge in [0.25, 0.3) is 0 Å². The van der Waals surface area contributed by atoms with Crippen molar-refractivity contribution in [3.8, 4) is 5.75 Å². The van der Waals surface area contributed by atoms with Crippen LogP contribution < -0.4 is 4.74 Å². The molecular weight excluding hydrogens is 340 g/mol. The molecular formula is C20H19F2NO3. The van der Waals surface area contributed by atoms with E-state index in [4.69, 9.17) is 4.99 Å². The minimum atomic E-state index is -2.89. The lowest BCUT2D eigenvalue weighted by Crippen LogP contribution is -2.39. The second kappa shape index (κ2) is 6.74. The van der Waals surface area contributed by atoms with Crippen LogP contribution in [0.1, 0.15) is 50.0 Å². The van der Waals surface area contributed by atoms with Crippen molar-refractivity contribution in [1.82, 2.24) is 0 Å². The van der Waals surface area contributed by atoms with E-state index in [1.54, 1.807) is 12.1 Å². The molecule has 4 nitrogen and oxygen atoms in total. The van der Waals surface area contributed by atoms with Crippen LogP contribution in [0.15, 0.2) is 40.5 Å². The van der Waals surface area contributed by atoms with Crippen molar-refractivity contribution in [3.63, 3.8) is 0 Å². The van der Waals surface area contributed by atoms with Gasteiger partial charge in [0, 0.05) is 35.7 Å². The zero-order chi connectivity index (χ0) is 18.3. The van der Waals surface area contributed by atoms with E-state index in [1.165, 1.54) is 12.1 Å². The third-order valence-corrected chi connectivity index (χ3v) is 5.38. The molecule has 0 bridgehead atoms. The van der Waals surface area contributed by atoms with Gasteiger partial charge in [-0.2, -0.15) is 8.78 Å². The average molecular weight is 359 g/mol. The molecule has 0 spiro atoms. The van der Waals surface area contributed by atoms with Crippen LogP contribution in [0.4, 0.5) is 8.78 Å². The van der Waals surface area contributed by atoms with Crippen LogP contribution in [-0.4, -0.2) is 23.9 Å². The van der Waals surface area contributed by atoms with Crippen molar-refractivity contribution >= 4 is 17.3 Å². The first kappa shape index (κ1) is 17.1. The SMILES string of the molecule is O=C1CCCC2=C1C(c1ccc(OC(F)F)cc1)C1C(=O)CCCC1=N2. The minimum Gasteiger partial charge on any atom is -0.435 e. The Bertz CT molecular complexity index is 811. The summed E-state index contributed by atoms with van der Waals surface area (Å²) < 4.78 is 29.2. The Labute approximate surface area is 149 Å². The van der Waals surface area contributed by atoms with Crippen LogP contribution in [0.25, 0.3) is 0 Å². The minimum absolute atomic E-state index is 0.0466. The Morgan fingerprint density at radius 2 is 1.69 bits per heavy atom. The number of ether oxygens (including phenoxy) is 1. The predicted molar refractivity (Wildman–Crippen MR) is 91.5 cm³/mol. The molecule has 0 amide bonds. The van der Waals surface area contributed by atoms with E-state index in [9.17, 15) is 18.4 Å². The maximum atomic E-state index is 12.7. The molecule has 2 atom stereocenters. The molecule has 1 heterocycles. The summed E-state index contributed by atoms with van der Waals surface area (Å²) in [5.41, 5.74) is 3.09. The Balaban J connectivity index is 1.78. The monoisotopic (exact) mass is 359 g/mol. The molecule has 0 radical (unpaired) electrons. The fourth-order valence-corrected chi connectivity index (χ4v) is 4.32. The number of fused-ring (bicyclic) bond motifs is 1. The van der Waals surface area contributed by atoms with E-state index in [-0.39, 0.29) is 23.2 Å². The van der Waals surface area contributed by atoms with Crippen LogP contribution in [0.3, 0.4) is 0 Å². The number of benzene rings is 1. The maximum Gasteiger partial charge on any atom is 0.387 e. The van der Waals surface area contributed by atoms with Crippen molar-refractivity contribution in [1.29, 1.82) is 0 Å². The molecule has 0 saturated heterocycles. The van der Waals surface area contributed by atoms with E-state index in [0.29, 0.717) is 18.4 Å². The molecule has 1 aromatic carbocycles. The first-order chi connectivity index (χ1) is 12.5. The highest BCUT2D eigenvalue weighted by atomic mass is 19.3. The summed E-state index contributed by atoms with van der Waals surface area (Å²) in [5, 5.41) is 0. The van der Waals surface area contributed by atoms with Gasteiger partial charge >= 0.3 is 6.61 Å². The Morgan fingerprint density at radius 3 is 2.42 bits per heavy atom. The molecule has 4 rings (SSSR count). The van der Waals surface area contributed by atoms with Gasteiger partial charge in [0.15, 0.2) is 5.78 Å². The van der Waals surface area contributed by atoms with Gasteiger partial charge in [-0.15, -0.1) is 0 Å². The number of halogens is 2. The first-order valence-corrected chi connectivity index (χ1v) is 8.96. The van der Waals surface area contributed by atoms with Gasteiger partial charge in [-0.1, -0.05) is 12.1 Å². The van der Waals surface area contributed by atoms with Crippen LogP contribution in [0.5, 0.6) is 5.75 Å². The molecule has 0 aromatic heterocycles. The molecule has 0 N–H and O–H groups in total. The fraction of sp³-hybridized carbons (Fsp3) is 0.450. The Hall–Kier alpha value is -2.37. The van der Waals surface area contributed by atoms with E-state index in [0.717, 1.165) is 42.7 Å². The highest BCUT2D eigenvalue weighted by Crippen LogP contribution is 2.46. The number of allylic oxidation sites excluding steroid dienone is 2. The van der Waals surface area contributed by atoms with Crippen LogP contribution in [-0.2, 0) is 9.59 Å². The second-order valence-electron chi connectivity index (χ2n) is 6.96. The average Bonchev–Trinajstić information content (AvgIpc) is 2.61. The molecule has 2 aliphatic carbocycles. The maximum absolute atomic E-state index is 12.7. The highest BCUT2D eigenvalue weighted by Gasteiger charge is 2.44. The molecule has 136 valence electrons. The summed E-state index contributed by atoms with van der Waals surface area (Å²) in [6.07, 6.45) is 4.04. The summed E-state index contributed by atoms with van der Waals surface area (Å²) in [4.78, 5) is 30.0. The predicted octanol–water partition coefficient (Wildman–Crippen LogP) is 4.20. The molecule has 3 aliphatic rings. The van der Waals surface area contributed by atoms with Gasteiger partial charge in [0.1, 0.15) is 11.5 Å². The van der Waals surface area contributed by atoms with Gasteiger partial charge in [-0.05, 0) is 43.4 Å². The molecule has 1 aliphatic heterocycles. The normalized spacial score (nSPS) is 25.7. The number of carbonyl (C=O) groups excluding carboxylic acids is 2. The quantitative estimate of drug-likeness (QED) is 0.813. The van der Waals surface area contributed by atoms with Crippen LogP contribution >= 0.6 is 0 Å². The summed E-state index contributed by atoms with van der Waals surface area (Å²) in [7, 11) is 0. The smallest absolute Gasteiger partial charge is 0.387 e. The lowest BCUT2D eigenvalue weighted by atomic mass is 9.67. The number of alkyl halides is 2. The largest absolute Gasteiger partial charge is 0.435 e.